The molecule has 106 valence electrons. The molecule has 5 nitrogen and oxygen atoms in total. The quantitative estimate of drug-likeness (QED) is 0.737. The Balaban J connectivity index is 2.10. The van der Waals surface area contributed by atoms with E-state index in [1.54, 1.807) is 10.7 Å². The Bertz CT molecular complexity index is 737. The van der Waals surface area contributed by atoms with E-state index in [0.717, 1.165) is 11.3 Å². The van der Waals surface area contributed by atoms with Gasteiger partial charge in [0.2, 0.25) is 5.88 Å². The third kappa shape index (κ3) is 2.91. The maximum Gasteiger partial charge on any atom is 0.219 e. The summed E-state index contributed by atoms with van der Waals surface area (Å²) in [6.07, 6.45) is 1.88. The van der Waals surface area contributed by atoms with Gasteiger partial charge >= 0.3 is 0 Å². The van der Waals surface area contributed by atoms with Gasteiger partial charge in [-0.2, -0.15) is 10.1 Å². The predicted octanol–water partition coefficient (Wildman–Crippen LogP) is 3.04. The molecule has 1 aromatic carbocycles. The fourth-order valence-corrected chi connectivity index (χ4v) is 2.01. The normalized spacial score (nSPS) is 10.6. The first-order valence-corrected chi connectivity index (χ1v) is 6.86. The molecule has 0 atom stereocenters. The standard InChI is InChI=1S/C16H16N4O/c1-3-21-15-11-14(20-10-9-12(2)19-20)17-16(18-15)13-7-5-4-6-8-13/h4-11H,3H2,1-2H3. The fraction of sp³-hybridized carbons (Fsp3) is 0.188. The van der Waals surface area contributed by atoms with Gasteiger partial charge in [0.05, 0.1) is 12.3 Å². The third-order valence-electron chi connectivity index (χ3n) is 2.97. The van der Waals surface area contributed by atoms with E-state index < -0.39 is 0 Å². The Hall–Kier alpha value is -2.69. The first kappa shape index (κ1) is 13.3. The summed E-state index contributed by atoms with van der Waals surface area (Å²) in [5.74, 6) is 1.87. The van der Waals surface area contributed by atoms with Crippen molar-refractivity contribution >= 4 is 0 Å². The monoisotopic (exact) mass is 280 g/mol. The van der Waals surface area contributed by atoms with Crippen molar-refractivity contribution in [2.24, 2.45) is 0 Å². The summed E-state index contributed by atoms with van der Waals surface area (Å²) < 4.78 is 7.27. The molecule has 0 N–H and O–H groups in total. The lowest BCUT2D eigenvalue weighted by Crippen LogP contribution is -2.04. The zero-order valence-corrected chi connectivity index (χ0v) is 12.0. The molecule has 0 aliphatic heterocycles. The molecule has 0 spiro atoms. The van der Waals surface area contributed by atoms with Crippen molar-refractivity contribution in [3.63, 3.8) is 0 Å². The molecule has 0 saturated carbocycles. The van der Waals surface area contributed by atoms with Gasteiger partial charge in [0.1, 0.15) is 0 Å². The minimum atomic E-state index is 0.550. The number of aryl methyl sites for hydroxylation is 1. The van der Waals surface area contributed by atoms with Crippen LogP contribution in [0.3, 0.4) is 0 Å². The van der Waals surface area contributed by atoms with Gasteiger partial charge in [0.15, 0.2) is 11.6 Å². The number of hydrogen-bond donors (Lipinski definition) is 0. The molecule has 2 aromatic heterocycles. The Morgan fingerprint density at radius 2 is 1.90 bits per heavy atom. The van der Waals surface area contributed by atoms with Crippen LogP contribution in [0, 0.1) is 6.92 Å². The molecule has 0 amide bonds. The van der Waals surface area contributed by atoms with E-state index in [2.05, 4.69) is 15.1 Å². The smallest absolute Gasteiger partial charge is 0.219 e. The number of ether oxygens (including phenoxy) is 1. The zero-order chi connectivity index (χ0) is 14.7. The molecular formula is C16H16N4O. The van der Waals surface area contributed by atoms with E-state index in [0.29, 0.717) is 24.1 Å². The summed E-state index contributed by atoms with van der Waals surface area (Å²) in [6.45, 7) is 4.43. The molecule has 5 heteroatoms. The van der Waals surface area contributed by atoms with E-state index >= 15 is 0 Å². The Morgan fingerprint density at radius 3 is 2.57 bits per heavy atom. The largest absolute Gasteiger partial charge is 0.478 e. The first-order chi connectivity index (χ1) is 10.3. The van der Waals surface area contributed by atoms with E-state index in [1.807, 2.05) is 56.4 Å². The summed E-state index contributed by atoms with van der Waals surface area (Å²) in [5.41, 5.74) is 1.89. The van der Waals surface area contributed by atoms with Crippen LogP contribution in [0.5, 0.6) is 5.88 Å². The molecule has 0 aliphatic carbocycles. The summed E-state index contributed by atoms with van der Waals surface area (Å²) in [6, 6.07) is 13.6. The van der Waals surface area contributed by atoms with E-state index in [1.165, 1.54) is 0 Å². The van der Waals surface area contributed by atoms with E-state index in [-0.39, 0.29) is 0 Å². The van der Waals surface area contributed by atoms with Crippen molar-refractivity contribution in [3.05, 3.63) is 54.4 Å². The van der Waals surface area contributed by atoms with Gasteiger partial charge in [-0.05, 0) is 19.9 Å². The van der Waals surface area contributed by atoms with Crippen molar-refractivity contribution in [3.8, 4) is 23.1 Å². The molecule has 0 radical (unpaired) electrons. The van der Waals surface area contributed by atoms with Gasteiger partial charge in [0, 0.05) is 17.8 Å². The van der Waals surface area contributed by atoms with Crippen LogP contribution in [-0.2, 0) is 0 Å². The van der Waals surface area contributed by atoms with Crippen molar-refractivity contribution in [1.82, 2.24) is 19.7 Å². The Labute approximate surface area is 123 Å². The summed E-state index contributed by atoms with van der Waals surface area (Å²) in [4.78, 5) is 9.03. The molecule has 0 fully saturated rings. The SMILES string of the molecule is CCOc1cc(-n2ccc(C)n2)nc(-c2ccccc2)n1. The highest BCUT2D eigenvalue weighted by molar-refractivity contribution is 5.56. The molecule has 2 heterocycles. The maximum absolute atomic E-state index is 5.54. The van der Waals surface area contributed by atoms with Crippen LogP contribution in [0.1, 0.15) is 12.6 Å². The summed E-state index contributed by atoms with van der Waals surface area (Å²) in [7, 11) is 0. The highest BCUT2D eigenvalue weighted by atomic mass is 16.5. The zero-order valence-electron chi connectivity index (χ0n) is 12.0. The van der Waals surface area contributed by atoms with Gasteiger partial charge in [-0.25, -0.2) is 9.67 Å². The van der Waals surface area contributed by atoms with Gasteiger partial charge < -0.3 is 4.74 Å². The minimum absolute atomic E-state index is 0.550. The molecular weight excluding hydrogens is 264 g/mol. The topological polar surface area (TPSA) is 52.8 Å². The molecule has 0 bridgehead atoms. The van der Waals surface area contributed by atoms with Crippen molar-refractivity contribution in [1.29, 1.82) is 0 Å². The minimum Gasteiger partial charge on any atom is -0.478 e. The lowest BCUT2D eigenvalue weighted by Gasteiger charge is -2.08. The van der Waals surface area contributed by atoms with E-state index in [9.17, 15) is 0 Å². The summed E-state index contributed by atoms with van der Waals surface area (Å²) >= 11 is 0. The second kappa shape index (κ2) is 5.75. The van der Waals surface area contributed by atoms with Crippen LogP contribution < -0.4 is 4.74 Å². The second-order valence-corrected chi connectivity index (χ2v) is 4.59. The average Bonchev–Trinajstić information content (AvgIpc) is 2.95. The molecule has 0 aliphatic rings. The molecule has 21 heavy (non-hydrogen) atoms. The number of benzene rings is 1. The van der Waals surface area contributed by atoms with Gasteiger partial charge in [-0.15, -0.1) is 0 Å². The van der Waals surface area contributed by atoms with E-state index in [4.69, 9.17) is 4.74 Å². The highest BCUT2D eigenvalue weighted by Crippen LogP contribution is 2.20. The van der Waals surface area contributed by atoms with Crippen LogP contribution in [0.25, 0.3) is 17.2 Å². The van der Waals surface area contributed by atoms with Crippen LogP contribution in [0.4, 0.5) is 0 Å². The van der Waals surface area contributed by atoms with Gasteiger partial charge in [-0.3, -0.25) is 0 Å². The number of hydrogen-bond acceptors (Lipinski definition) is 4. The van der Waals surface area contributed by atoms with Crippen LogP contribution >= 0.6 is 0 Å². The van der Waals surface area contributed by atoms with Crippen molar-refractivity contribution in [2.75, 3.05) is 6.61 Å². The number of aromatic nitrogens is 4. The maximum atomic E-state index is 5.54. The van der Waals surface area contributed by atoms with Crippen LogP contribution in [-0.4, -0.2) is 26.4 Å². The number of nitrogens with zero attached hydrogens (tertiary/aromatic N) is 4. The second-order valence-electron chi connectivity index (χ2n) is 4.59. The van der Waals surface area contributed by atoms with Crippen LogP contribution in [0.2, 0.25) is 0 Å². The third-order valence-corrected chi connectivity index (χ3v) is 2.97. The van der Waals surface area contributed by atoms with Gasteiger partial charge in [-0.1, -0.05) is 30.3 Å². The van der Waals surface area contributed by atoms with Crippen molar-refractivity contribution < 1.29 is 4.74 Å². The molecule has 3 aromatic rings. The number of rotatable bonds is 4. The lowest BCUT2D eigenvalue weighted by molar-refractivity contribution is 0.326. The average molecular weight is 280 g/mol. The van der Waals surface area contributed by atoms with Crippen molar-refractivity contribution in [2.45, 2.75) is 13.8 Å². The lowest BCUT2D eigenvalue weighted by atomic mass is 10.2. The first-order valence-electron chi connectivity index (χ1n) is 6.86. The fourth-order valence-electron chi connectivity index (χ4n) is 2.01. The molecule has 3 rings (SSSR count). The molecule has 0 unspecified atom stereocenters. The van der Waals surface area contributed by atoms with Crippen LogP contribution in [0.15, 0.2) is 48.7 Å². The Kier molecular flexibility index (Phi) is 3.64. The Morgan fingerprint density at radius 1 is 1.10 bits per heavy atom. The predicted molar refractivity (Wildman–Crippen MR) is 80.5 cm³/mol. The van der Waals surface area contributed by atoms with Gasteiger partial charge in [0.25, 0.3) is 0 Å². The molecule has 0 saturated heterocycles. The highest BCUT2D eigenvalue weighted by Gasteiger charge is 2.09. The summed E-state index contributed by atoms with van der Waals surface area (Å²) in [5, 5.41) is 4.39.